The number of hydrogen-bond donors (Lipinski definition) is 1. The van der Waals surface area contributed by atoms with E-state index in [0.717, 1.165) is 5.92 Å². The third-order valence-corrected chi connectivity index (χ3v) is 6.53. The minimum absolute atomic E-state index is 0.0145. The average molecular weight is 250 g/mol. The fourth-order valence-corrected chi connectivity index (χ4v) is 5.13. The second-order valence-corrected chi connectivity index (χ2v) is 7.67. The lowest BCUT2D eigenvalue weighted by Crippen LogP contribution is -2.90. The Morgan fingerprint density at radius 1 is 1.22 bits per heavy atom. The summed E-state index contributed by atoms with van der Waals surface area (Å²) in [6.45, 7) is 8.40. The molecule has 0 radical (unpaired) electrons. The first-order chi connectivity index (χ1) is 8.52. The van der Waals surface area contributed by atoms with Crippen LogP contribution in [0.3, 0.4) is 0 Å². The van der Waals surface area contributed by atoms with Crippen molar-refractivity contribution in [1.29, 1.82) is 0 Å². The van der Waals surface area contributed by atoms with E-state index in [1.807, 2.05) is 0 Å². The lowest BCUT2D eigenvalue weighted by atomic mass is 9.43. The molecule has 5 aliphatic rings. The maximum atomic E-state index is 6.47. The molecule has 4 heteroatoms. The highest BCUT2D eigenvalue weighted by molar-refractivity contribution is 6.46. The van der Waals surface area contributed by atoms with E-state index in [1.165, 1.54) is 32.2 Å². The van der Waals surface area contributed by atoms with Gasteiger partial charge in [-0.15, -0.1) is 0 Å². The van der Waals surface area contributed by atoms with Gasteiger partial charge in [-0.25, -0.2) is 0 Å². The van der Waals surface area contributed by atoms with Crippen molar-refractivity contribution >= 4 is 7.12 Å². The van der Waals surface area contributed by atoms with Crippen molar-refractivity contribution in [2.45, 2.75) is 64.1 Å². The van der Waals surface area contributed by atoms with Crippen LogP contribution in [-0.2, 0) is 9.31 Å². The van der Waals surface area contributed by atoms with Gasteiger partial charge >= 0.3 is 7.12 Å². The van der Waals surface area contributed by atoms with Gasteiger partial charge in [0.05, 0.1) is 18.2 Å². The van der Waals surface area contributed by atoms with Crippen LogP contribution < -0.4 is 5.32 Å². The Morgan fingerprint density at radius 2 is 2.06 bits per heavy atom. The van der Waals surface area contributed by atoms with Crippen LogP contribution in [0, 0.1) is 17.3 Å². The van der Waals surface area contributed by atoms with Crippen LogP contribution in [0.1, 0.15) is 46.5 Å². The first-order valence-corrected chi connectivity index (χ1v) is 7.68. The fourth-order valence-electron chi connectivity index (χ4n) is 5.13. The van der Waals surface area contributed by atoms with E-state index in [-0.39, 0.29) is 12.7 Å². The van der Waals surface area contributed by atoms with Crippen LogP contribution in [0.15, 0.2) is 0 Å². The molecule has 5 fully saturated rings. The summed E-state index contributed by atoms with van der Waals surface area (Å²) in [5.74, 6) is 2.10. The molecule has 2 heterocycles. The molecular formula is C14H25BNO2+. The van der Waals surface area contributed by atoms with Crippen LogP contribution in [0.2, 0.25) is 0 Å². The number of rotatable bonds is 1. The first-order valence-electron chi connectivity index (χ1n) is 7.68. The molecule has 100 valence electrons. The van der Waals surface area contributed by atoms with Gasteiger partial charge in [0, 0.05) is 12.8 Å². The van der Waals surface area contributed by atoms with Gasteiger partial charge in [-0.05, 0) is 37.0 Å². The van der Waals surface area contributed by atoms with Crippen LogP contribution in [0.25, 0.3) is 0 Å². The minimum atomic E-state index is -0.0145. The highest BCUT2D eigenvalue weighted by Crippen LogP contribution is 2.65. The summed E-state index contributed by atoms with van der Waals surface area (Å²) in [5.41, 5.74) is 0.447. The van der Waals surface area contributed by atoms with Gasteiger partial charge < -0.3 is 14.6 Å². The zero-order valence-corrected chi connectivity index (χ0v) is 11.8. The molecule has 2 N–H and O–H groups in total. The maximum Gasteiger partial charge on any atom is 0.521 e. The Balaban J connectivity index is 1.57. The molecule has 3 saturated carbocycles. The van der Waals surface area contributed by atoms with Crippen molar-refractivity contribution in [1.82, 2.24) is 0 Å². The molecule has 0 spiro atoms. The molecule has 18 heavy (non-hydrogen) atoms. The Kier molecular flexibility index (Phi) is 2.30. The Labute approximate surface area is 110 Å². The normalized spacial score (nSPS) is 53.2. The van der Waals surface area contributed by atoms with Crippen molar-refractivity contribution < 1.29 is 14.6 Å². The second kappa shape index (κ2) is 3.53. The van der Waals surface area contributed by atoms with E-state index in [1.54, 1.807) is 0 Å². The molecule has 2 aliphatic heterocycles. The van der Waals surface area contributed by atoms with Crippen molar-refractivity contribution in [2.75, 3.05) is 6.54 Å². The molecule has 2 saturated heterocycles. The zero-order valence-electron chi connectivity index (χ0n) is 11.8. The van der Waals surface area contributed by atoms with Crippen LogP contribution in [0.4, 0.5) is 0 Å². The number of hydrogen-bond acceptors (Lipinski definition) is 2. The molecule has 0 aromatic rings. The summed E-state index contributed by atoms with van der Waals surface area (Å²) < 4.78 is 12.8. The SMILES string of the molecule is CC1(C)[C@@H]2C[C@H]1[C@]1(C)OB([C@@H]3CCC[NH2+]3)O[C@@H]1C2. The van der Waals surface area contributed by atoms with Gasteiger partial charge in [0.2, 0.25) is 0 Å². The Morgan fingerprint density at radius 3 is 2.72 bits per heavy atom. The standard InChI is InChI=1S/C14H24BNO2/c1-13(2)9-7-10(13)14(3)11(8-9)17-15(18-14)12-5-4-6-16-12/h9-12,16H,4-8H2,1-3H3/p+1/t9-,10-,11-,12+,14+/m1/s1. The van der Waals surface area contributed by atoms with Crippen LogP contribution in [0.5, 0.6) is 0 Å². The molecule has 5 rings (SSSR count). The topological polar surface area (TPSA) is 35.1 Å². The van der Waals surface area contributed by atoms with Gasteiger partial charge in [-0.1, -0.05) is 13.8 Å². The summed E-state index contributed by atoms with van der Waals surface area (Å²) in [6.07, 6.45) is 5.49. The predicted octanol–water partition coefficient (Wildman–Crippen LogP) is 0.980. The summed E-state index contributed by atoms with van der Waals surface area (Å²) in [6, 6.07) is 0. The first kappa shape index (κ1) is 11.7. The van der Waals surface area contributed by atoms with Gasteiger partial charge in [-0.2, -0.15) is 0 Å². The molecule has 5 atom stereocenters. The predicted molar refractivity (Wildman–Crippen MR) is 69.9 cm³/mol. The molecule has 2 bridgehead atoms. The molecule has 3 nitrogen and oxygen atoms in total. The van der Waals surface area contributed by atoms with Crippen LogP contribution in [-0.4, -0.2) is 31.3 Å². The molecule has 0 amide bonds. The number of nitrogens with two attached hydrogens (primary N) is 1. The van der Waals surface area contributed by atoms with Crippen molar-refractivity contribution in [3.05, 3.63) is 0 Å². The quantitative estimate of drug-likeness (QED) is 0.704. The molecule has 0 unspecified atom stereocenters. The van der Waals surface area contributed by atoms with Crippen LogP contribution >= 0.6 is 0 Å². The lowest BCUT2D eigenvalue weighted by molar-refractivity contribution is -0.655. The van der Waals surface area contributed by atoms with Crippen molar-refractivity contribution in [2.24, 2.45) is 17.3 Å². The van der Waals surface area contributed by atoms with Crippen molar-refractivity contribution in [3.63, 3.8) is 0 Å². The van der Waals surface area contributed by atoms with Gasteiger partial charge in [0.15, 0.2) is 0 Å². The largest absolute Gasteiger partial charge is 0.521 e. The van der Waals surface area contributed by atoms with E-state index in [4.69, 9.17) is 9.31 Å². The van der Waals surface area contributed by atoms with Gasteiger partial charge in [-0.3, -0.25) is 0 Å². The molecular weight excluding hydrogens is 225 g/mol. The smallest absolute Gasteiger partial charge is 0.401 e. The second-order valence-electron chi connectivity index (χ2n) is 7.67. The maximum absolute atomic E-state index is 6.47. The zero-order chi connectivity index (χ0) is 12.5. The Bertz CT molecular complexity index is 369. The fraction of sp³-hybridized carbons (Fsp3) is 1.00. The van der Waals surface area contributed by atoms with E-state index in [0.29, 0.717) is 23.4 Å². The van der Waals surface area contributed by atoms with Gasteiger partial charge in [0.1, 0.15) is 5.94 Å². The third kappa shape index (κ3) is 1.32. The molecule has 0 aromatic carbocycles. The van der Waals surface area contributed by atoms with E-state index < -0.39 is 0 Å². The summed E-state index contributed by atoms with van der Waals surface area (Å²) >= 11 is 0. The monoisotopic (exact) mass is 250 g/mol. The lowest BCUT2D eigenvalue weighted by Gasteiger charge is -2.64. The highest BCUT2D eigenvalue weighted by Gasteiger charge is 2.69. The van der Waals surface area contributed by atoms with E-state index in [9.17, 15) is 0 Å². The number of quaternary nitrogens is 1. The molecule has 3 aliphatic carbocycles. The molecule has 0 aromatic heterocycles. The Hall–Kier alpha value is -0.0551. The average Bonchev–Trinajstić information content (AvgIpc) is 2.92. The summed E-state index contributed by atoms with van der Waals surface area (Å²) in [4.78, 5) is 0. The summed E-state index contributed by atoms with van der Waals surface area (Å²) in [5, 5.41) is 2.42. The minimum Gasteiger partial charge on any atom is -0.401 e. The highest BCUT2D eigenvalue weighted by atomic mass is 16.7. The third-order valence-electron chi connectivity index (χ3n) is 6.53. The van der Waals surface area contributed by atoms with E-state index in [2.05, 4.69) is 26.1 Å². The van der Waals surface area contributed by atoms with Gasteiger partial charge in [0.25, 0.3) is 0 Å². The van der Waals surface area contributed by atoms with Crippen molar-refractivity contribution in [3.8, 4) is 0 Å². The van der Waals surface area contributed by atoms with E-state index >= 15 is 0 Å². The summed E-state index contributed by atoms with van der Waals surface area (Å²) in [7, 11) is 0.0534.